The normalized spacial score (nSPS) is 19.7. The highest BCUT2D eigenvalue weighted by atomic mass is 35.5. The fourth-order valence-electron chi connectivity index (χ4n) is 3.99. The van der Waals surface area contributed by atoms with Crippen LogP contribution in [0.5, 0.6) is 17.2 Å². The van der Waals surface area contributed by atoms with Crippen LogP contribution in [0.4, 0.5) is 13.2 Å². The minimum atomic E-state index is -5.03. The van der Waals surface area contributed by atoms with Crippen molar-refractivity contribution >= 4 is 22.6 Å². The lowest BCUT2D eigenvalue weighted by atomic mass is 10.1. The Balaban J connectivity index is 1.87. The topological polar surface area (TPSA) is 72.1 Å². The molecule has 1 fully saturated rings. The Morgan fingerprint density at radius 1 is 1.15 bits per heavy atom. The lowest BCUT2D eigenvalue weighted by Crippen LogP contribution is -2.44. The predicted molar refractivity (Wildman–Crippen MR) is 116 cm³/mol. The standard InChI is InChI=1S/C23H21ClF3NO5/c1-12-9-28(10-13(2)31-12)11-15-17(29)8-7-14-19(30)21(22(23(25,26)27)33-20(14)15)32-18-6-4-3-5-16(18)24/h3-8,12-13,29H,9-11H2,1-2H3. The van der Waals surface area contributed by atoms with Gasteiger partial charge in [0.2, 0.25) is 11.2 Å². The van der Waals surface area contributed by atoms with Crippen molar-refractivity contribution < 1.29 is 32.2 Å². The van der Waals surface area contributed by atoms with E-state index in [0.717, 1.165) is 0 Å². The number of ether oxygens (including phenoxy) is 2. The van der Waals surface area contributed by atoms with Gasteiger partial charge in [-0.1, -0.05) is 23.7 Å². The minimum Gasteiger partial charge on any atom is -0.507 e. The Labute approximate surface area is 192 Å². The van der Waals surface area contributed by atoms with E-state index in [9.17, 15) is 23.1 Å². The summed E-state index contributed by atoms with van der Waals surface area (Å²) in [4.78, 5) is 15.1. The molecule has 2 atom stereocenters. The second-order valence-electron chi connectivity index (χ2n) is 8.01. The molecule has 3 aromatic rings. The van der Waals surface area contributed by atoms with Crippen molar-refractivity contribution in [3.63, 3.8) is 0 Å². The maximum Gasteiger partial charge on any atom is 0.453 e. The van der Waals surface area contributed by atoms with Crippen molar-refractivity contribution in [1.82, 2.24) is 4.90 Å². The Hall–Kier alpha value is -2.75. The number of aromatic hydroxyl groups is 1. The summed E-state index contributed by atoms with van der Waals surface area (Å²) in [5.41, 5.74) is -1.28. The molecular formula is C23H21ClF3NO5. The number of morpholine rings is 1. The largest absolute Gasteiger partial charge is 0.507 e. The highest BCUT2D eigenvalue weighted by Gasteiger charge is 2.41. The van der Waals surface area contributed by atoms with Crippen LogP contribution in [0.2, 0.25) is 5.02 Å². The monoisotopic (exact) mass is 483 g/mol. The molecule has 0 spiro atoms. The van der Waals surface area contributed by atoms with Gasteiger partial charge in [-0.3, -0.25) is 9.69 Å². The number of fused-ring (bicyclic) bond motifs is 1. The molecule has 4 rings (SSSR count). The summed E-state index contributed by atoms with van der Waals surface area (Å²) in [6, 6.07) is 8.32. The highest BCUT2D eigenvalue weighted by Crippen LogP contribution is 2.41. The molecule has 0 aliphatic carbocycles. The summed E-state index contributed by atoms with van der Waals surface area (Å²) >= 11 is 6.00. The predicted octanol–water partition coefficient (Wildman–Crippen LogP) is 5.57. The first-order valence-electron chi connectivity index (χ1n) is 10.2. The summed E-state index contributed by atoms with van der Waals surface area (Å²) in [6.07, 6.45) is -5.23. The maximum absolute atomic E-state index is 13.9. The van der Waals surface area contributed by atoms with Gasteiger partial charge < -0.3 is 19.0 Å². The first kappa shape index (κ1) is 23.4. The summed E-state index contributed by atoms with van der Waals surface area (Å²) in [7, 11) is 0. The van der Waals surface area contributed by atoms with Gasteiger partial charge in [-0.25, -0.2) is 0 Å². The van der Waals surface area contributed by atoms with E-state index in [0.29, 0.717) is 13.1 Å². The van der Waals surface area contributed by atoms with Crippen molar-refractivity contribution in [2.75, 3.05) is 13.1 Å². The molecular weight excluding hydrogens is 463 g/mol. The first-order valence-corrected chi connectivity index (χ1v) is 10.6. The minimum absolute atomic E-state index is 0.0343. The second kappa shape index (κ2) is 8.89. The van der Waals surface area contributed by atoms with Crippen molar-refractivity contribution in [3.8, 4) is 17.2 Å². The molecule has 1 aliphatic heterocycles. The van der Waals surface area contributed by atoms with Crippen LogP contribution in [0.15, 0.2) is 45.6 Å². The highest BCUT2D eigenvalue weighted by molar-refractivity contribution is 6.32. The van der Waals surface area contributed by atoms with Gasteiger partial charge in [0.1, 0.15) is 17.1 Å². The Kier molecular flexibility index (Phi) is 6.30. The molecule has 1 aliphatic rings. The zero-order chi connectivity index (χ0) is 23.9. The Morgan fingerprint density at radius 2 is 1.82 bits per heavy atom. The van der Waals surface area contributed by atoms with Gasteiger partial charge in [0, 0.05) is 19.6 Å². The SMILES string of the molecule is CC1CN(Cc2c(O)ccc3c(=O)c(Oc4ccccc4Cl)c(C(F)(F)F)oc23)CC(C)O1. The van der Waals surface area contributed by atoms with Gasteiger partial charge in [-0.05, 0) is 38.1 Å². The molecule has 176 valence electrons. The van der Waals surface area contributed by atoms with Gasteiger partial charge in [-0.2, -0.15) is 13.2 Å². The summed E-state index contributed by atoms with van der Waals surface area (Å²) < 4.78 is 58.0. The molecule has 0 saturated carbocycles. The number of phenols is 1. The van der Waals surface area contributed by atoms with E-state index in [2.05, 4.69) is 0 Å². The Bertz CT molecular complexity index is 1230. The molecule has 2 aromatic carbocycles. The maximum atomic E-state index is 13.9. The number of phenolic OH excluding ortho intramolecular Hbond substituents is 1. The van der Waals surface area contributed by atoms with Gasteiger partial charge in [0.15, 0.2) is 0 Å². The van der Waals surface area contributed by atoms with Gasteiger partial charge in [0.05, 0.1) is 28.2 Å². The van der Waals surface area contributed by atoms with Crippen LogP contribution < -0.4 is 10.2 Å². The third-order valence-electron chi connectivity index (χ3n) is 5.28. The third kappa shape index (κ3) is 4.80. The van der Waals surface area contributed by atoms with Gasteiger partial charge in [-0.15, -0.1) is 0 Å². The second-order valence-corrected chi connectivity index (χ2v) is 8.42. The van der Waals surface area contributed by atoms with Crippen LogP contribution >= 0.6 is 11.6 Å². The zero-order valence-electron chi connectivity index (χ0n) is 17.8. The fraction of sp³-hybridized carbons (Fsp3) is 0.348. The number of alkyl halides is 3. The van der Waals surface area contributed by atoms with Crippen molar-refractivity contribution in [3.05, 3.63) is 63.0 Å². The molecule has 33 heavy (non-hydrogen) atoms. The molecule has 10 heteroatoms. The van der Waals surface area contributed by atoms with E-state index >= 15 is 0 Å². The van der Waals surface area contributed by atoms with Crippen LogP contribution in [0.3, 0.4) is 0 Å². The number of hydrogen-bond acceptors (Lipinski definition) is 6. The van der Waals surface area contributed by atoms with E-state index < -0.39 is 23.1 Å². The first-order chi connectivity index (χ1) is 15.5. The van der Waals surface area contributed by atoms with Crippen molar-refractivity contribution in [2.45, 2.75) is 38.8 Å². The third-order valence-corrected chi connectivity index (χ3v) is 5.59. The van der Waals surface area contributed by atoms with E-state index in [1.165, 1.54) is 30.3 Å². The molecule has 1 saturated heterocycles. The van der Waals surface area contributed by atoms with E-state index in [4.69, 9.17) is 25.5 Å². The summed E-state index contributed by atoms with van der Waals surface area (Å²) in [5, 5.41) is 10.3. The van der Waals surface area contributed by atoms with Crippen LogP contribution in [0.1, 0.15) is 25.2 Å². The number of hydrogen-bond donors (Lipinski definition) is 1. The quantitative estimate of drug-likeness (QED) is 0.523. The average molecular weight is 484 g/mol. The van der Waals surface area contributed by atoms with Crippen LogP contribution in [-0.4, -0.2) is 35.3 Å². The van der Waals surface area contributed by atoms with E-state index in [1.807, 2.05) is 18.7 Å². The van der Waals surface area contributed by atoms with E-state index in [-0.39, 0.29) is 51.8 Å². The molecule has 1 N–H and O–H groups in total. The summed E-state index contributed by atoms with van der Waals surface area (Å²) in [6.45, 7) is 4.85. The zero-order valence-corrected chi connectivity index (χ0v) is 18.5. The molecule has 0 amide bonds. The molecule has 2 unspecified atom stereocenters. The number of para-hydroxylation sites is 1. The van der Waals surface area contributed by atoms with Gasteiger partial charge in [0.25, 0.3) is 5.76 Å². The van der Waals surface area contributed by atoms with Crippen molar-refractivity contribution in [2.24, 2.45) is 0 Å². The Morgan fingerprint density at radius 3 is 2.45 bits per heavy atom. The van der Waals surface area contributed by atoms with Crippen LogP contribution in [0.25, 0.3) is 11.0 Å². The van der Waals surface area contributed by atoms with Crippen molar-refractivity contribution in [1.29, 1.82) is 0 Å². The molecule has 2 heterocycles. The average Bonchev–Trinajstić information content (AvgIpc) is 2.72. The van der Waals surface area contributed by atoms with Crippen LogP contribution in [-0.2, 0) is 17.5 Å². The van der Waals surface area contributed by atoms with Crippen LogP contribution in [0, 0.1) is 0 Å². The lowest BCUT2D eigenvalue weighted by Gasteiger charge is -2.35. The summed E-state index contributed by atoms with van der Waals surface area (Å²) in [5.74, 6) is -3.01. The number of benzene rings is 2. The number of halogens is 4. The number of rotatable bonds is 4. The molecule has 1 aromatic heterocycles. The van der Waals surface area contributed by atoms with E-state index in [1.54, 1.807) is 6.07 Å². The van der Waals surface area contributed by atoms with Gasteiger partial charge >= 0.3 is 6.18 Å². The molecule has 0 radical (unpaired) electrons. The fourth-order valence-corrected chi connectivity index (χ4v) is 4.17. The number of nitrogens with zero attached hydrogens (tertiary/aromatic N) is 1. The smallest absolute Gasteiger partial charge is 0.453 e. The molecule has 6 nitrogen and oxygen atoms in total. The lowest BCUT2D eigenvalue weighted by molar-refractivity contribution is -0.154. The molecule has 0 bridgehead atoms.